The lowest BCUT2D eigenvalue weighted by molar-refractivity contribution is 0.0601. The maximum Gasteiger partial charge on any atom is 0.341 e. The summed E-state index contributed by atoms with van der Waals surface area (Å²) in [5.74, 6) is -0.278. The first-order valence-corrected chi connectivity index (χ1v) is 8.60. The number of nitrogens with zero attached hydrogens (tertiary/aromatic N) is 1. The zero-order valence-electron chi connectivity index (χ0n) is 13.4. The Morgan fingerprint density at radius 1 is 1.26 bits per heavy atom. The van der Waals surface area contributed by atoms with Crippen molar-refractivity contribution in [2.45, 2.75) is 19.3 Å². The lowest BCUT2D eigenvalue weighted by Crippen LogP contribution is -2.12. The van der Waals surface area contributed by atoms with Gasteiger partial charge in [-0.2, -0.15) is 0 Å². The van der Waals surface area contributed by atoms with Crippen molar-refractivity contribution in [1.82, 2.24) is 0 Å². The van der Waals surface area contributed by atoms with Crippen molar-refractivity contribution in [2.75, 3.05) is 26.0 Å². The molecule has 1 aromatic heterocycles. The van der Waals surface area contributed by atoms with Crippen LogP contribution in [0.15, 0.2) is 35.3 Å². The van der Waals surface area contributed by atoms with Gasteiger partial charge in [0.15, 0.2) is 0 Å². The SMILES string of the molecule is CNc1sc2c(c1C(=O)OC)CCCCN=C2c1ccccc1. The molecule has 1 aliphatic heterocycles. The fourth-order valence-corrected chi connectivity index (χ4v) is 4.10. The summed E-state index contributed by atoms with van der Waals surface area (Å²) in [5, 5.41) is 4.00. The van der Waals surface area contributed by atoms with E-state index in [1.807, 2.05) is 25.2 Å². The van der Waals surface area contributed by atoms with Gasteiger partial charge in [0.2, 0.25) is 0 Å². The molecule has 3 rings (SSSR count). The van der Waals surface area contributed by atoms with E-state index in [1.165, 1.54) is 7.11 Å². The minimum absolute atomic E-state index is 0.278. The molecule has 23 heavy (non-hydrogen) atoms. The number of anilines is 1. The zero-order valence-corrected chi connectivity index (χ0v) is 14.2. The van der Waals surface area contributed by atoms with Gasteiger partial charge in [-0.3, -0.25) is 4.99 Å². The van der Waals surface area contributed by atoms with E-state index < -0.39 is 0 Å². The van der Waals surface area contributed by atoms with Crippen molar-refractivity contribution in [3.05, 3.63) is 51.9 Å². The van der Waals surface area contributed by atoms with Gasteiger partial charge in [-0.25, -0.2) is 4.79 Å². The zero-order chi connectivity index (χ0) is 16.2. The van der Waals surface area contributed by atoms with Gasteiger partial charge in [0.25, 0.3) is 0 Å². The summed E-state index contributed by atoms with van der Waals surface area (Å²) < 4.78 is 5.00. The van der Waals surface area contributed by atoms with Crippen molar-refractivity contribution < 1.29 is 9.53 Å². The lowest BCUT2D eigenvalue weighted by atomic mass is 9.97. The van der Waals surface area contributed by atoms with Gasteiger partial charge >= 0.3 is 5.97 Å². The van der Waals surface area contributed by atoms with E-state index in [-0.39, 0.29) is 5.97 Å². The Bertz CT molecular complexity index is 735. The largest absolute Gasteiger partial charge is 0.465 e. The molecule has 0 fully saturated rings. The highest BCUT2D eigenvalue weighted by Gasteiger charge is 2.27. The van der Waals surface area contributed by atoms with Crippen LogP contribution in [0.25, 0.3) is 0 Å². The fourth-order valence-electron chi connectivity index (χ4n) is 2.88. The molecule has 0 amide bonds. The average molecular weight is 328 g/mol. The summed E-state index contributed by atoms with van der Waals surface area (Å²) in [7, 11) is 3.27. The van der Waals surface area contributed by atoms with Gasteiger partial charge in [0.1, 0.15) is 5.00 Å². The van der Waals surface area contributed by atoms with Crippen LogP contribution in [0.1, 0.15) is 39.2 Å². The average Bonchev–Trinajstić information content (AvgIpc) is 2.93. The number of hydrogen-bond acceptors (Lipinski definition) is 5. The van der Waals surface area contributed by atoms with Gasteiger partial charge in [-0.15, -0.1) is 11.3 Å². The van der Waals surface area contributed by atoms with Crippen LogP contribution in [0.4, 0.5) is 5.00 Å². The Kier molecular flexibility index (Phi) is 4.76. The number of methoxy groups -OCH3 is 1. The molecule has 0 radical (unpaired) electrons. The number of esters is 1. The molecular weight excluding hydrogens is 308 g/mol. The highest BCUT2D eigenvalue weighted by molar-refractivity contribution is 7.18. The Morgan fingerprint density at radius 2 is 2.04 bits per heavy atom. The maximum absolute atomic E-state index is 12.3. The van der Waals surface area contributed by atoms with Crippen molar-refractivity contribution in [1.29, 1.82) is 0 Å². The molecule has 0 atom stereocenters. The summed E-state index contributed by atoms with van der Waals surface area (Å²) in [6, 6.07) is 10.2. The van der Waals surface area contributed by atoms with E-state index in [4.69, 9.17) is 9.73 Å². The summed E-state index contributed by atoms with van der Waals surface area (Å²) in [4.78, 5) is 18.2. The molecule has 2 heterocycles. The predicted molar refractivity (Wildman–Crippen MR) is 95.1 cm³/mol. The third kappa shape index (κ3) is 3.01. The van der Waals surface area contributed by atoms with Crippen LogP contribution in [0, 0.1) is 0 Å². The van der Waals surface area contributed by atoms with Gasteiger partial charge in [0.05, 0.1) is 23.3 Å². The van der Waals surface area contributed by atoms with Crippen molar-refractivity contribution in [3.8, 4) is 0 Å². The minimum Gasteiger partial charge on any atom is -0.465 e. The molecule has 0 spiro atoms. The Morgan fingerprint density at radius 3 is 2.74 bits per heavy atom. The first-order chi connectivity index (χ1) is 11.3. The van der Waals surface area contributed by atoms with E-state index >= 15 is 0 Å². The van der Waals surface area contributed by atoms with Crippen molar-refractivity contribution in [2.24, 2.45) is 4.99 Å². The van der Waals surface area contributed by atoms with Crippen LogP contribution in [0.5, 0.6) is 0 Å². The van der Waals surface area contributed by atoms with Crippen LogP contribution in [0.3, 0.4) is 0 Å². The van der Waals surface area contributed by atoms with E-state index in [1.54, 1.807) is 11.3 Å². The highest BCUT2D eigenvalue weighted by Crippen LogP contribution is 2.37. The minimum atomic E-state index is -0.278. The molecule has 0 saturated carbocycles. The number of aliphatic imine (C=N–C) groups is 1. The van der Waals surface area contributed by atoms with Gasteiger partial charge in [-0.1, -0.05) is 30.3 Å². The number of ether oxygens (including phenoxy) is 1. The lowest BCUT2D eigenvalue weighted by Gasteiger charge is -2.13. The number of nitrogens with one attached hydrogen (secondary N) is 1. The van der Waals surface area contributed by atoms with E-state index in [0.717, 1.165) is 52.5 Å². The molecular formula is C18H20N2O2S. The normalized spacial score (nSPS) is 14.3. The Balaban J connectivity index is 2.20. The monoisotopic (exact) mass is 328 g/mol. The van der Waals surface area contributed by atoms with Crippen LogP contribution >= 0.6 is 11.3 Å². The van der Waals surface area contributed by atoms with Crippen molar-refractivity contribution >= 4 is 28.0 Å². The van der Waals surface area contributed by atoms with Crippen LogP contribution < -0.4 is 5.32 Å². The molecule has 0 bridgehead atoms. The summed E-state index contributed by atoms with van der Waals surface area (Å²) >= 11 is 1.59. The number of benzene rings is 1. The standard InChI is InChI=1S/C18H20N2O2S/c1-19-17-14(18(21)22-2)13-10-6-7-11-20-15(16(13)23-17)12-8-4-3-5-9-12/h3-5,8-9,19H,6-7,10-11H2,1-2H3. The maximum atomic E-state index is 12.3. The first kappa shape index (κ1) is 15.7. The molecule has 2 aromatic rings. The molecule has 1 N–H and O–H groups in total. The summed E-state index contributed by atoms with van der Waals surface area (Å²) in [5.41, 5.74) is 3.81. The second-order valence-electron chi connectivity index (χ2n) is 5.41. The van der Waals surface area contributed by atoms with Crippen molar-refractivity contribution in [3.63, 3.8) is 0 Å². The van der Waals surface area contributed by atoms with Gasteiger partial charge < -0.3 is 10.1 Å². The highest BCUT2D eigenvalue weighted by atomic mass is 32.1. The Hall–Kier alpha value is -2.14. The Labute approximate surface area is 140 Å². The quantitative estimate of drug-likeness (QED) is 0.873. The number of carbonyl (C=O) groups excluding carboxylic acids is 1. The number of thiophene rings is 1. The van der Waals surface area contributed by atoms with Crippen LogP contribution in [0.2, 0.25) is 0 Å². The van der Waals surface area contributed by atoms with Gasteiger partial charge in [-0.05, 0) is 24.8 Å². The molecule has 0 saturated heterocycles. The topological polar surface area (TPSA) is 50.7 Å². The van der Waals surface area contributed by atoms with E-state index in [9.17, 15) is 4.79 Å². The second kappa shape index (κ2) is 6.96. The van der Waals surface area contributed by atoms with Gasteiger partial charge in [0, 0.05) is 19.2 Å². The molecule has 0 unspecified atom stereocenters. The molecule has 1 aromatic carbocycles. The van der Waals surface area contributed by atoms with E-state index in [0.29, 0.717) is 5.56 Å². The third-order valence-corrected chi connectivity index (χ3v) is 5.25. The molecule has 5 heteroatoms. The summed E-state index contributed by atoms with van der Waals surface area (Å²) in [6.45, 7) is 0.823. The second-order valence-corrected chi connectivity index (χ2v) is 6.43. The third-order valence-electron chi connectivity index (χ3n) is 3.99. The number of carbonyl (C=O) groups is 1. The summed E-state index contributed by atoms with van der Waals surface area (Å²) in [6.07, 6.45) is 2.94. The fraction of sp³-hybridized carbons (Fsp3) is 0.333. The molecule has 4 nitrogen and oxygen atoms in total. The number of rotatable bonds is 3. The number of fused-ring (bicyclic) bond motifs is 1. The number of hydrogen-bond donors (Lipinski definition) is 1. The first-order valence-electron chi connectivity index (χ1n) is 7.78. The molecule has 120 valence electrons. The molecule has 1 aliphatic rings. The predicted octanol–water partition coefficient (Wildman–Crippen LogP) is 3.75. The van der Waals surface area contributed by atoms with Crippen LogP contribution in [-0.4, -0.2) is 32.4 Å². The molecule has 0 aliphatic carbocycles. The smallest absolute Gasteiger partial charge is 0.341 e. The van der Waals surface area contributed by atoms with Crippen LogP contribution in [-0.2, 0) is 11.2 Å². The van der Waals surface area contributed by atoms with E-state index in [2.05, 4.69) is 17.4 Å².